The molecule has 0 unspecified atom stereocenters. The Labute approximate surface area is 61.0 Å². The van der Waals surface area contributed by atoms with E-state index in [1.54, 1.807) is 0 Å². The SMILES string of the molecule is F[C@@H]1CC[C@@H]2CCC[C@H]1N2. The minimum Gasteiger partial charge on any atom is -0.308 e. The first kappa shape index (κ1) is 6.59. The number of rotatable bonds is 0. The molecule has 2 saturated heterocycles. The van der Waals surface area contributed by atoms with Gasteiger partial charge < -0.3 is 5.32 Å². The van der Waals surface area contributed by atoms with Crippen LogP contribution in [0, 0.1) is 0 Å². The molecule has 0 aromatic carbocycles. The molecule has 0 saturated carbocycles. The van der Waals surface area contributed by atoms with Gasteiger partial charge in [-0.05, 0) is 25.7 Å². The van der Waals surface area contributed by atoms with Crippen LogP contribution in [0.2, 0.25) is 0 Å². The van der Waals surface area contributed by atoms with Crippen LogP contribution < -0.4 is 5.32 Å². The summed E-state index contributed by atoms with van der Waals surface area (Å²) in [6.45, 7) is 0. The van der Waals surface area contributed by atoms with Crippen molar-refractivity contribution in [3.8, 4) is 0 Å². The van der Waals surface area contributed by atoms with Gasteiger partial charge in [-0.2, -0.15) is 0 Å². The summed E-state index contributed by atoms with van der Waals surface area (Å²) in [5, 5.41) is 3.33. The first-order valence-electron chi connectivity index (χ1n) is 4.26. The van der Waals surface area contributed by atoms with Crippen LogP contribution in [0.4, 0.5) is 4.39 Å². The van der Waals surface area contributed by atoms with Crippen LogP contribution in [0.3, 0.4) is 0 Å². The summed E-state index contributed by atoms with van der Waals surface area (Å²) >= 11 is 0. The second-order valence-electron chi connectivity index (χ2n) is 3.49. The van der Waals surface area contributed by atoms with Gasteiger partial charge in [-0.25, -0.2) is 4.39 Å². The van der Waals surface area contributed by atoms with Gasteiger partial charge in [0.2, 0.25) is 0 Å². The lowest BCUT2D eigenvalue weighted by Gasteiger charge is -2.38. The number of halogens is 1. The fourth-order valence-electron chi connectivity index (χ4n) is 2.13. The zero-order valence-corrected chi connectivity index (χ0v) is 6.15. The molecule has 2 rings (SSSR count). The van der Waals surface area contributed by atoms with Gasteiger partial charge in [-0.3, -0.25) is 0 Å². The van der Waals surface area contributed by atoms with Crippen molar-refractivity contribution in [3.05, 3.63) is 0 Å². The predicted octanol–water partition coefficient (Wildman–Crippen LogP) is 1.63. The minimum atomic E-state index is -0.559. The van der Waals surface area contributed by atoms with Crippen LogP contribution in [-0.4, -0.2) is 18.3 Å². The van der Waals surface area contributed by atoms with Crippen LogP contribution in [0.1, 0.15) is 32.1 Å². The van der Waals surface area contributed by atoms with Crippen LogP contribution in [0.15, 0.2) is 0 Å². The Kier molecular flexibility index (Phi) is 1.65. The lowest BCUT2D eigenvalue weighted by atomic mass is 9.86. The van der Waals surface area contributed by atoms with E-state index in [4.69, 9.17) is 0 Å². The van der Waals surface area contributed by atoms with Crippen molar-refractivity contribution < 1.29 is 4.39 Å². The van der Waals surface area contributed by atoms with Gasteiger partial charge in [0.05, 0.1) is 0 Å². The lowest BCUT2D eigenvalue weighted by Crippen LogP contribution is -2.51. The van der Waals surface area contributed by atoms with Crippen molar-refractivity contribution in [2.75, 3.05) is 0 Å². The summed E-state index contributed by atoms with van der Waals surface area (Å²) in [5.41, 5.74) is 0. The molecule has 1 N–H and O–H groups in total. The maximum atomic E-state index is 13.0. The van der Waals surface area contributed by atoms with Crippen LogP contribution in [-0.2, 0) is 0 Å². The summed E-state index contributed by atoms with van der Waals surface area (Å²) in [7, 11) is 0. The third-order valence-corrected chi connectivity index (χ3v) is 2.74. The molecular weight excluding hydrogens is 129 g/mol. The van der Waals surface area contributed by atoms with Gasteiger partial charge >= 0.3 is 0 Å². The van der Waals surface area contributed by atoms with E-state index in [1.165, 1.54) is 12.8 Å². The number of hydrogen-bond donors (Lipinski definition) is 1. The summed E-state index contributed by atoms with van der Waals surface area (Å²) in [5.74, 6) is 0. The summed E-state index contributed by atoms with van der Waals surface area (Å²) < 4.78 is 13.0. The third kappa shape index (κ3) is 1.05. The molecule has 2 aliphatic heterocycles. The second kappa shape index (κ2) is 2.50. The highest BCUT2D eigenvalue weighted by Gasteiger charge is 2.32. The second-order valence-corrected chi connectivity index (χ2v) is 3.49. The molecule has 0 aliphatic carbocycles. The highest BCUT2D eigenvalue weighted by molar-refractivity contribution is 4.90. The molecule has 10 heavy (non-hydrogen) atoms. The van der Waals surface area contributed by atoms with E-state index >= 15 is 0 Å². The van der Waals surface area contributed by atoms with E-state index in [-0.39, 0.29) is 6.04 Å². The lowest BCUT2D eigenvalue weighted by molar-refractivity contribution is 0.130. The standard InChI is InChI=1S/C8H14FN/c9-7-5-4-6-2-1-3-8(7)10-6/h6-8,10H,1-5H2/t6-,7+,8+/m0/s1. The van der Waals surface area contributed by atoms with E-state index in [9.17, 15) is 4.39 Å². The number of hydrogen-bond acceptors (Lipinski definition) is 1. The van der Waals surface area contributed by atoms with E-state index in [1.807, 2.05) is 0 Å². The third-order valence-electron chi connectivity index (χ3n) is 2.74. The Bertz CT molecular complexity index is 124. The van der Waals surface area contributed by atoms with Crippen molar-refractivity contribution in [3.63, 3.8) is 0 Å². The molecule has 1 nitrogen and oxygen atoms in total. The summed E-state index contributed by atoms with van der Waals surface area (Å²) in [6.07, 6.45) is 4.83. The Hall–Kier alpha value is -0.110. The van der Waals surface area contributed by atoms with Crippen molar-refractivity contribution in [2.24, 2.45) is 0 Å². The zero-order valence-electron chi connectivity index (χ0n) is 6.15. The maximum absolute atomic E-state index is 13.0. The number of alkyl halides is 1. The average Bonchev–Trinajstić information content (AvgIpc) is 1.99. The smallest absolute Gasteiger partial charge is 0.115 e. The van der Waals surface area contributed by atoms with Gasteiger partial charge in [-0.15, -0.1) is 0 Å². The topological polar surface area (TPSA) is 12.0 Å². The molecule has 0 aromatic heterocycles. The Morgan fingerprint density at radius 1 is 1.10 bits per heavy atom. The number of piperidine rings is 2. The van der Waals surface area contributed by atoms with Gasteiger partial charge in [-0.1, -0.05) is 6.42 Å². The molecule has 2 fully saturated rings. The molecule has 2 heterocycles. The molecular formula is C8H14FN. The van der Waals surface area contributed by atoms with Crippen molar-refractivity contribution >= 4 is 0 Å². The first-order valence-corrected chi connectivity index (χ1v) is 4.26. The van der Waals surface area contributed by atoms with Gasteiger partial charge in [0.15, 0.2) is 0 Å². The van der Waals surface area contributed by atoms with Crippen LogP contribution >= 0.6 is 0 Å². The van der Waals surface area contributed by atoms with Crippen LogP contribution in [0.5, 0.6) is 0 Å². The molecule has 0 aromatic rings. The molecule has 0 amide bonds. The maximum Gasteiger partial charge on any atom is 0.115 e. The molecule has 2 bridgehead atoms. The van der Waals surface area contributed by atoms with Crippen molar-refractivity contribution in [1.29, 1.82) is 0 Å². The average molecular weight is 143 g/mol. The summed E-state index contributed by atoms with van der Waals surface area (Å²) in [6, 6.07) is 0.846. The first-order chi connectivity index (χ1) is 4.86. The van der Waals surface area contributed by atoms with Crippen molar-refractivity contribution in [2.45, 2.75) is 50.4 Å². The molecule has 0 radical (unpaired) electrons. The highest BCUT2D eigenvalue weighted by Crippen LogP contribution is 2.27. The molecule has 3 atom stereocenters. The quantitative estimate of drug-likeness (QED) is 0.543. The molecule has 2 aliphatic rings. The van der Waals surface area contributed by atoms with E-state index < -0.39 is 6.17 Å². The fraction of sp³-hybridized carbons (Fsp3) is 1.00. The molecule has 2 heteroatoms. The fourth-order valence-corrected chi connectivity index (χ4v) is 2.13. The Balaban J connectivity index is 2.00. The van der Waals surface area contributed by atoms with Crippen molar-refractivity contribution in [1.82, 2.24) is 5.32 Å². The summed E-state index contributed by atoms with van der Waals surface area (Å²) in [4.78, 5) is 0. The Morgan fingerprint density at radius 3 is 2.80 bits per heavy atom. The van der Waals surface area contributed by atoms with Gasteiger partial charge in [0.1, 0.15) is 6.17 Å². The number of nitrogens with one attached hydrogen (secondary N) is 1. The molecule has 58 valence electrons. The largest absolute Gasteiger partial charge is 0.308 e. The predicted molar refractivity (Wildman–Crippen MR) is 38.7 cm³/mol. The zero-order chi connectivity index (χ0) is 6.97. The monoisotopic (exact) mass is 143 g/mol. The van der Waals surface area contributed by atoms with E-state index in [2.05, 4.69) is 5.32 Å². The van der Waals surface area contributed by atoms with Gasteiger partial charge in [0, 0.05) is 12.1 Å². The van der Waals surface area contributed by atoms with Gasteiger partial charge in [0.25, 0.3) is 0 Å². The van der Waals surface area contributed by atoms with E-state index in [0.717, 1.165) is 19.3 Å². The number of fused-ring (bicyclic) bond motifs is 2. The Morgan fingerprint density at radius 2 is 2.00 bits per heavy atom. The highest BCUT2D eigenvalue weighted by atomic mass is 19.1. The normalized spacial score (nSPS) is 47.1. The van der Waals surface area contributed by atoms with E-state index in [0.29, 0.717) is 6.04 Å². The van der Waals surface area contributed by atoms with Crippen LogP contribution in [0.25, 0.3) is 0 Å². The minimum absolute atomic E-state index is 0.201. The molecule has 0 spiro atoms.